The number of furan rings is 1. The number of aromatic hydroxyl groups is 7. The molecule has 0 saturated carbocycles. The minimum atomic E-state index is -1.07. The first kappa shape index (κ1) is 27.6. The predicted octanol–water partition coefficient (Wildman–Crippen LogP) is 6.76. The van der Waals surface area contributed by atoms with E-state index in [0.29, 0.717) is 28.7 Å². The number of allylic oxidation sites excluding steroid dienone is 2. The molecule has 3 atom stereocenters. The number of phenols is 7. The lowest BCUT2D eigenvalue weighted by molar-refractivity contribution is 0.0876. The van der Waals surface area contributed by atoms with Crippen LogP contribution in [0.1, 0.15) is 46.7 Å². The third kappa shape index (κ3) is 4.95. The lowest BCUT2D eigenvalue weighted by atomic mass is 9.65. The lowest BCUT2D eigenvalue weighted by Crippen LogP contribution is -2.31. The zero-order chi connectivity index (χ0) is 30.6. The molecule has 0 saturated heterocycles. The number of hydrogen-bond donors (Lipinski definition) is 7. The van der Waals surface area contributed by atoms with Crippen LogP contribution in [0, 0.1) is 5.92 Å². The van der Waals surface area contributed by atoms with E-state index < -0.39 is 29.3 Å². The molecular formula is C34H28O9. The number of rotatable bonds is 5. The fourth-order valence-corrected chi connectivity index (χ4v) is 6.13. The minimum absolute atomic E-state index is 0.0246. The van der Waals surface area contributed by atoms with E-state index >= 15 is 0 Å². The monoisotopic (exact) mass is 580 g/mol. The van der Waals surface area contributed by atoms with Gasteiger partial charge >= 0.3 is 0 Å². The second kappa shape index (κ2) is 10.4. The molecule has 0 bridgehead atoms. The summed E-state index contributed by atoms with van der Waals surface area (Å²) in [7, 11) is 0. The zero-order valence-corrected chi connectivity index (χ0v) is 22.9. The topological polar surface area (TPSA) is 172 Å². The van der Waals surface area contributed by atoms with Gasteiger partial charge in [-0.05, 0) is 74.0 Å². The SMILES string of the molecule is CC1=CC(c2c(O)cc(-c3cc4ccc(O)cc4o3)cc2O)C(C(=O)c2ccc(O)cc2O)C(c2cc(O)ccc2O)C1. The number of ketones is 1. The van der Waals surface area contributed by atoms with Crippen molar-refractivity contribution in [1.29, 1.82) is 0 Å². The summed E-state index contributed by atoms with van der Waals surface area (Å²) in [5, 5.41) is 74.6. The normalized spacial score (nSPS) is 18.4. The molecule has 0 amide bonds. The summed E-state index contributed by atoms with van der Waals surface area (Å²) in [6.07, 6.45) is 2.06. The first-order valence-electron chi connectivity index (χ1n) is 13.5. The van der Waals surface area contributed by atoms with Gasteiger partial charge in [-0.1, -0.05) is 11.6 Å². The summed E-state index contributed by atoms with van der Waals surface area (Å²) < 4.78 is 5.84. The fourth-order valence-electron chi connectivity index (χ4n) is 6.13. The highest BCUT2D eigenvalue weighted by Gasteiger charge is 2.43. The minimum Gasteiger partial charge on any atom is -0.508 e. The number of hydrogen-bond acceptors (Lipinski definition) is 9. The van der Waals surface area contributed by atoms with Crippen molar-refractivity contribution in [2.45, 2.75) is 25.2 Å². The highest BCUT2D eigenvalue weighted by Crippen LogP contribution is 2.53. The lowest BCUT2D eigenvalue weighted by Gasteiger charge is -2.37. The Bertz CT molecular complexity index is 1910. The van der Waals surface area contributed by atoms with Crippen LogP contribution in [-0.4, -0.2) is 41.5 Å². The number of carbonyl (C=O) groups is 1. The van der Waals surface area contributed by atoms with Crippen LogP contribution in [0.25, 0.3) is 22.3 Å². The Kier molecular flexibility index (Phi) is 6.65. The standard InChI is InChI=1S/C34H28O9/c1-16-8-24(23-13-19(35)5-7-26(23)38)32(34(42)22-6-4-20(36)14-27(22)39)25(9-16)33-28(40)10-18(11-29(33)41)30-12-17-2-3-21(37)15-31(17)43-30/h2-7,9-15,24-25,32,35-41H,8H2,1H3. The molecule has 1 heterocycles. The molecule has 43 heavy (non-hydrogen) atoms. The molecule has 1 aliphatic carbocycles. The van der Waals surface area contributed by atoms with Gasteiger partial charge in [-0.2, -0.15) is 0 Å². The number of benzene rings is 4. The largest absolute Gasteiger partial charge is 0.508 e. The van der Waals surface area contributed by atoms with E-state index in [1.165, 1.54) is 54.6 Å². The molecule has 1 aromatic heterocycles. The molecule has 1 aliphatic rings. The van der Waals surface area contributed by atoms with Crippen molar-refractivity contribution in [2.75, 3.05) is 0 Å². The van der Waals surface area contributed by atoms with Gasteiger partial charge in [0.2, 0.25) is 0 Å². The summed E-state index contributed by atoms with van der Waals surface area (Å²) in [5.74, 6) is -4.52. The van der Waals surface area contributed by atoms with Gasteiger partial charge in [0.1, 0.15) is 51.6 Å². The number of Topliss-reactive ketones (excluding diaryl/α,β-unsaturated/α-hetero) is 1. The van der Waals surface area contributed by atoms with Crippen LogP contribution in [0.3, 0.4) is 0 Å². The van der Waals surface area contributed by atoms with E-state index in [9.17, 15) is 40.5 Å². The van der Waals surface area contributed by atoms with E-state index in [1.807, 2.05) is 6.92 Å². The molecule has 4 aromatic carbocycles. The van der Waals surface area contributed by atoms with Crippen molar-refractivity contribution in [1.82, 2.24) is 0 Å². The summed E-state index contributed by atoms with van der Waals surface area (Å²) in [5.41, 5.74) is 1.82. The molecule has 9 heteroatoms. The molecular weight excluding hydrogens is 552 g/mol. The van der Waals surface area contributed by atoms with Crippen LogP contribution in [0.2, 0.25) is 0 Å². The van der Waals surface area contributed by atoms with Gasteiger partial charge in [-0.25, -0.2) is 0 Å². The first-order chi connectivity index (χ1) is 20.5. The summed E-state index contributed by atoms with van der Waals surface area (Å²) >= 11 is 0. The van der Waals surface area contributed by atoms with Crippen molar-refractivity contribution in [3.8, 4) is 51.6 Å². The number of carbonyl (C=O) groups excluding carboxylic acids is 1. The van der Waals surface area contributed by atoms with Gasteiger partial charge < -0.3 is 40.2 Å². The maximum Gasteiger partial charge on any atom is 0.171 e. The average molecular weight is 581 g/mol. The van der Waals surface area contributed by atoms with E-state index in [-0.39, 0.29) is 51.2 Å². The van der Waals surface area contributed by atoms with Crippen LogP contribution in [0.4, 0.5) is 0 Å². The Hall–Kier alpha value is -5.57. The summed E-state index contributed by atoms with van der Waals surface area (Å²) in [4.78, 5) is 14.2. The van der Waals surface area contributed by atoms with Crippen molar-refractivity contribution >= 4 is 16.8 Å². The van der Waals surface area contributed by atoms with E-state index in [1.54, 1.807) is 18.2 Å². The van der Waals surface area contributed by atoms with E-state index in [0.717, 1.165) is 11.6 Å². The Balaban J connectivity index is 1.51. The Morgan fingerprint density at radius 1 is 0.721 bits per heavy atom. The molecule has 218 valence electrons. The molecule has 3 unspecified atom stereocenters. The van der Waals surface area contributed by atoms with Gasteiger partial charge in [0.05, 0.1) is 5.56 Å². The Labute approximate surface area is 245 Å². The van der Waals surface area contributed by atoms with Crippen LogP contribution < -0.4 is 0 Å². The van der Waals surface area contributed by atoms with E-state index in [4.69, 9.17) is 4.42 Å². The molecule has 7 N–H and O–H groups in total. The predicted molar refractivity (Wildman–Crippen MR) is 158 cm³/mol. The molecule has 0 aliphatic heterocycles. The second-order valence-corrected chi connectivity index (χ2v) is 10.9. The van der Waals surface area contributed by atoms with Crippen molar-refractivity contribution in [3.05, 3.63) is 101 Å². The van der Waals surface area contributed by atoms with Gasteiger partial charge in [0.25, 0.3) is 0 Å². The molecule has 0 fully saturated rings. The van der Waals surface area contributed by atoms with Gasteiger partial charge in [0.15, 0.2) is 5.78 Å². The van der Waals surface area contributed by atoms with Crippen molar-refractivity contribution in [3.63, 3.8) is 0 Å². The molecule has 5 aromatic rings. The molecule has 0 radical (unpaired) electrons. The Morgan fingerprint density at radius 3 is 2.09 bits per heavy atom. The fraction of sp³-hybridized carbons (Fsp3) is 0.147. The van der Waals surface area contributed by atoms with Crippen LogP contribution in [-0.2, 0) is 0 Å². The van der Waals surface area contributed by atoms with Crippen LogP contribution in [0.15, 0.2) is 88.9 Å². The third-order valence-corrected chi connectivity index (χ3v) is 8.04. The third-order valence-electron chi connectivity index (χ3n) is 8.04. The summed E-state index contributed by atoms with van der Waals surface area (Å²) in [6.45, 7) is 1.82. The van der Waals surface area contributed by atoms with Gasteiger partial charge in [0, 0.05) is 52.0 Å². The quantitative estimate of drug-likeness (QED) is 0.0674. The highest BCUT2D eigenvalue weighted by atomic mass is 16.3. The molecule has 9 nitrogen and oxygen atoms in total. The maximum absolute atomic E-state index is 14.2. The Morgan fingerprint density at radius 2 is 1.37 bits per heavy atom. The number of fused-ring (bicyclic) bond motifs is 1. The van der Waals surface area contributed by atoms with Crippen LogP contribution in [0.5, 0.6) is 40.2 Å². The van der Waals surface area contributed by atoms with Crippen molar-refractivity contribution < 1.29 is 45.0 Å². The summed E-state index contributed by atoms with van der Waals surface area (Å²) in [6, 6.07) is 16.8. The van der Waals surface area contributed by atoms with E-state index in [2.05, 4.69) is 0 Å². The smallest absolute Gasteiger partial charge is 0.171 e. The second-order valence-electron chi connectivity index (χ2n) is 10.9. The maximum atomic E-state index is 14.2. The van der Waals surface area contributed by atoms with Crippen molar-refractivity contribution in [2.24, 2.45) is 5.92 Å². The first-order valence-corrected chi connectivity index (χ1v) is 13.5. The zero-order valence-electron chi connectivity index (χ0n) is 22.9. The van der Waals surface area contributed by atoms with Crippen LogP contribution >= 0.6 is 0 Å². The van der Waals surface area contributed by atoms with Gasteiger partial charge in [-0.3, -0.25) is 4.79 Å². The highest BCUT2D eigenvalue weighted by molar-refractivity contribution is 6.02. The average Bonchev–Trinajstić information content (AvgIpc) is 3.37. The molecule has 6 rings (SSSR count). The van der Waals surface area contributed by atoms with Gasteiger partial charge in [-0.15, -0.1) is 0 Å². The molecule has 0 spiro atoms. The number of phenolic OH excluding ortho intramolecular Hbond substituents is 7.